The zero-order chi connectivity index (χ0) is 10.7. The maximum absolute atomic E-state index is 12.6. The van der Waals surface area contributed by atoms with Crippen LogP contribution in [0.3, 0.4) is 0 Å². The van der Waals surface area contributed by atoms with Crippen LogP contribution in [-0.4, -0.2) is 12.1 Å². The second kappa shape index (κ2) is 4.19. The molecule has 0 bridgehead atoms. The van der Waals surface area contributed by atoms with Crippen LogP contribution in [0.25, 0.3) is 0 Å². The van der Waals surface area contributed by atoms with Crippen molar-refractivity contribution in [1.29, 1.82) is 0 Å². The van der Waals surface area contributed by atoms with E-state index < -0.39 is 6.43 Å². The summed E-state index contributed by atoms with van der Waals surface area (Å²) in [4.78, 5) is 3.64. The summed E-state index contributed by atoms with van der Waals surface area (Å²) in [5, 5.41) is 0. The number of nitrogens with two attached hydrogens (primary N) is 2. The number of alkyl halides is 2. The summed E-state index contributed by atoms with van der Waals surface area (Å²) in [6, 6.07) is 1.32. The van der Waals surface area contributed by atoms with Crippen LogP contribution < -0.4 is 16.2 Å². The summed E-state index contributed by atoms with van der Waals surface area (Å²) in [6.45, 7) is -0.0250. The van der Waals surface area contributed by atoms with E-state index in [4.69, 9.17) is 16.2 Å². The number of aromatic nitrogens is 1. The summed E-state index contributed by atoms with van der Waals surface area (Å²) in [5.41, 5.74) is 10.7. The number of anilines is 1. The van der Waals surface area contributed by atoms with E-state index in [9.17, 15) is 8.78 Å². The van der Waals surface area contributed by atoms with Gasteiger partial charge in [-0.05, 0) is 11.6 Å². The van der Waals surface area contributed by atoms with Gasteiger partial charge in [-0.3, -0.25) is 0 Å². The van der Waals surface area contributed by atoms with Crippen molar-refractivity contribution >= 4 is 5.82 Å². The molecule has 6 heteroatoms. The smallest absolute Gasteiger partial charge is 0.269 e. The molecule has 0 saturated heterocycles. The molecule has 1 aromatic heterocycles. The lowest BCUT2D eigenvalue weighted by Crippen LogP contribution is -2.07. The number of hydrogen-bond acceptors (Lipinski definition) is 4. The zero-order valence-corrected chi connectivity index (χ0v) is 7.63. The molecule has 0 unspecified atom stereocenters. The quantitative estimate of drug-likeness (QED) is 0.770. The van der Waals surface area contributed by atoms with Crippen molar-refractivity contribution in [2.75, 3.05) is 12.8 Å². The number of nitrogens with zero attached hydrogens (tertiary/aromatic N) is 1. The van der Waals surface area contributed by atoms with E-state index in [1.165, 1.54) is 13.2 Å². The van der Waals surface area contributed by atoms with E-state index in [1.54, 1.807) is 0 Å². The van der Waals surface area contributed by atoms with Gasteiger partial charge in [0, 0.05) is 6.54 Å². The maximum Gasteiger partial charge on any atom is 0.269 e. The second-order valence-electron chi connectivity index (χ2n) is 2.63. The van der Waals surface area contributed by atoms with Gasteiger partial charge >= 0.3 is 0 Å². The summed E-state index contributed by atoms with van der Waals surface area (Å²) < 4.78 is 29.9. The molecule has 4 nitrogen and oxygen atoms in total. The fraction of sp³-hybridized carbons (Fsp3) is 0.375. The molecule has 0 spiro atoms. The Morgan fingerprint density at radius 2 is 2.21 bits per heavy atom. The van der Waals surface area contributed by atoms with Crippen LogP contribution in [0, 0.1) is 0 Å². The van der Waals surface area contributed by atoms with Crippen LogP contribution in [0.2, 0.25) is 0 Å². The Morgan fingerprint density at radius 3 is 2.64 bits per heavy atom. The fourth-order valence-corrected chi connectivity index (χ4v) is 1.16. The second-order valence-corrected chi connectivity index (χ2v) is 2.63. The van der Waals surface area contributed by atoms with Gasteiger partial charge in [0.2, 0.25) is 5.88 Å². The Hall–Kier alpha value is -1.43. The predicted molar refractivity (Wildman–Crippen MR) is 48.0 cm³/mol. The molecule has 14 heavy (non-hydrogen) atoms. The molecular weight excluding hydrogens is 192 g/mol. The molecule has 0 aliphatic heterocycles. The van der Waals surface area contributed by atoms with Gasteiger partial charge in [-0.2, -0.15) is 4.98 Å². The zero-order valence-electron chi connectivity index (χ0n) is 7.63. The van der Waals surface area contributed by atoms with Gasteiger partial charge in [0.1, 0.15) is 5.82 Å². The highest BCUT2D eigenvalue weighted by molar-refractivity contribution is 5.45. The van der Waals surface area contributed by atoms with E-state index in [2.05, 4.69) is 4.98 Å². The van der Waals surface area contributed by atoms with E-state index in [-0.39, 0.29) is 29.4 Å². The van der Waals surface area contributed by atoms with E-state index in [1.807, 2.05) is 0 Å². The van der Waals surface area contributed by atoms with Crippen molar-refractivity contribution in [3.8, 4) is 5.88 Å². The first-order chi connectivity index (χ1) is 6.60. The lowest BCUT2D eigenvalue weighted by molar-refractivity contribution is 0.145. The van der Waals surface area contributed by atoms with E-state index >= 15 is 0 Å². The molecule has 1 aromatic rings. The van der Waals surface area contributed by atoms with Gasteiger partial charge in [-0.1, -0.05) is 0 Å². The van der Waals surface area contributed by atoms with Crippen molar-refractivity contribution in [1.82, 2.24) is 4.98 Å². The third kappa shape index (κ3) is 1.90. The van der Waals surface area contributed by atoms with Crippen molar-refractivity contribution in [3.63, 3.8) is 0 Å². The number of nitrogen functional groups attached to an aromatic ring is 1. The minimum atomic E-state index is -2.67. The third-order valence-corrected chi connectivity index (χ3v) is 1.76. The Bertz CT molecular complexity index is 305. The lowest BCUT2D eigenvalue weighted by atomic mass is 10.1. The van der Waals surface area contributed by atoms with Crippen molar-refractivity contribution < 1.29 is 13.5 Å². The van der Waals surface area contributed by atoms with Crippen molar-refractivity contribution in [2.45, 2.75) is 13.0 Å². The lowest BCUT2D eigenvalue weighted by Gasteiger charge is -2.11. The first kappa shape index (κ1) is 10.6. The fourth-order valence-electron chi connectivity index (χ4n) is 1.16. The van der Waals surface area contributed by atoms with Gasteiger partial charge in [0.15, 0.2) is 0 Å². The molecule has 1 heterocycles. The number of rotatable bonds is 3. The van der Waals surface area contributed by atoms with Crippen LogP contribution in [0.4, 0.5) is 14.6 Å². The highest BCUT2D eigenvalue weighted by Crippen LogP contribution is 2.31. The molecule has 78 valence electrons. The number of halogens is 2. The van der Waals surface area contributed by atoms with Gasteiger partial charge in [0.05, 0.1) is 12.7 Å². The van der Waals surface area contributed by atoms with Crippen LogP contribution in [-0.2, 0) is 6.54 Å². The maximum atomic E-state index is 12.6. The summed E-state index contributed by atoms with van der Waals surface area (Å²) in [6.07, 6.45) is -2.67. The molecule has 0 amide bonds. The minimum Gasteiger partial charge on any atom is -0.481 e. The monoisotopic (exact) mass is 203 g/mol. The Kier molecular flexibility index (Phi) is 3.19. The van der Waals surface area contributed by atoms with Crippen molar-refractivity contribution in [2.24, 2.45) is 5.73 Å². The Balaban J connectivity index is 3.33. The first-order valence-corrected chi connectivity index (χ1v) is 3.91. The van der Waals surface area contributed by atoms with Crippen LogP contribution in [0.15, 0.2) is 6.07 Å². The van der Waals surface area contributed by atoms with Gasteiger partial charge in [-0.15, -0.1) is 0 Å². The number of hydrogen-bond donors (Lipinski definition) is 2. The SMILES string of the molecule is COc1nc(N)cc(CN)c1C(F)F. The predicted octanol–water partition coefficient (Wildman–Crippen LogP) is 1.07. The Morgan fingerprint density at radius 1 is 1.57 bits per heavy atom. The third-order valence-electron chi connectivity index (χ3n) is 1.76. The van der Waals surface area contributed by atoms with Crippen molar-refractivity contribution in [3.05, 3.63) is 17.2 Å². The minimum absolute atomic E-state index is 0.0250. The molecule has 0 aliphatic carbocycles. The average molecular weight is 203 g/mol. The van der Waals surface area contributed by atoms with Crippen LogP contribution in [0.5, 0.6) is 5.88 Å². The van der Waals surface area contributed by atoms with Gasteiger partial charge in [-0.25, -0.2) is 8.78 Å². The molecule has 1 rings (SSSR count). The van der Waals surface area contributed by atoms with Crippen LogP contribution >= 0.6 is 0 Å². The molecule has 0 aromatic carbocycles. The number of methoxy groups -OCH3 is 1. The standard InChI is InChI=1S/C8H11F2N3O/c1-14-8-6(7(9)10)4(3-11)2-5(12)13-8/h2,7H,3,11H2,1H3,(H2,12,13). The van der Waals surface area contributed by atoms with Gasteiger partial charge in [0.25, 0.3) is 6.43 Å². The summed E-state index contributed by atoms with van der Waals surface area (Å²) in [7, 11) is 1.26. The molecule has 4 N–H and O–H groups in total. The highest BCUT2D eigenvalue weighted by Gasteiger charge is 2.20. The van der Waals surface area contributed by atoms with E-state index in [0.29, 0.717) is 0 Å². The first-order valence-electron chi connectivity index (χ1n) is 3.91. The molecule has 0 atom stereocenters. The van der Waals surface area contributed by atoms with E-state index in [0.717, 1.165) is 0 Å². The average Bonchev–Trinajstić information content (AvgIpc) is 2.15. The molecule has 0 saturated carbocycles. The number of ether oxygens (including phenoxy) is 1. The largest absolute Gasteiger partial charge is 0.481 e. The molecular formula is C8H11F2N3O. The molecule has 0 aliphatic rings. The van der Waals surface area contributed by atoms with Crippen LogP contribution in [0.1, 0.15) is 17.6 Å². The summed E-state index contributed by atoms with van der Waals surface area (Å²) >= 11 is 0. The van der Waals surface area contributed by atoms with Gasteiger partial charge < -0.3 is 16.2 Å². The topological polar surface area (TPSA) is 74.2 Å². The molecule has 0 fully saturated rings. The molecule has 0 radical (unpaired) electrons. The highest BCUT2D eigenvalue weighted by atomic mass is 19.3. The number of pyridine rings is 1. The normalized spacial score (nSPS) is 10.6. The Labute approximate surface area is 79.9 Å². The summed E-state index contributed by atoms with van der Waals surface area (Å²) in [5.74, 6) is -0.0489.